The molecule has 108 valence electrons. The van der Waals surface area contributed by atoms with Gasteiger partial charge in [0.1, 0.15) is 0 Å². The Morgan fingerprint density at radius 1 is 1.14 bits per heavy atom. The lowest BCUT2D eigenvalue weighted by Crippen LogP contribution is -2.45. The molecule has 1 atom stereocenters. The van der Waals surface area contributed by atoms with Crippen LogP contribution in [0.15, 0.2) is 35.7 Å². The lowest BCUT2D eigenvalue weighted by molar-refractivity contribution is -0.121. The van der Waals surface area contributed by atoms with Crippen LogP contribution in [0.25, 0.3) is 0 Å². The summed E-state index contributed by atoms with van der Waals surface area (Å²) >= 11 is 1.84. The molecule has 2 aliphatic heterocycles. The van der Waals surface area contributed by atoms with Crippen LogP contribution >= 0.6 is 11.3 Å². The van der Waals surface area contributed by atoms with Crippen LogP contribution in [-0.4, -0.2) is 23.4 Å². The van der Waals surface area contributed by atoms with E-state index < -0.39 is 0 Å². The molecule has 2 aromatic rings. The van der Waals surface area contributed by atoms with Gasteiger partial charge >= 0.3 is 0 Å². The van der Waals surface area contributed by atoms with Crippen molar-refractivity contribution in [1.29, 1.82) is 0 Å². The highest BCUT2D eigenvalue weighted by atomic mass is 32.1. The molecule has 0 aliphatic carbocycles. The Morgan fingerprint density at radius 2 is 2.05 bits per heavy atom. The fourth-order valence-corrected chi connectivity index (χ4v) is 4.27. The summed E-state index contributed by atoms with van der Waals surface area (Å²) in [4.78, 5) is 16.4. The molecule has 0 bridgehead atoms. The predicted octanol–water partition coefficient (Wildman–Crippen LogP) is 3.06. The number of amides is 1. The van der Waals surface area contributed by atoms with Crippen molar-refractivity contribution in [2.75, 3.05) is 11.9 Å². The number of anilines is 1. The number of aryl methyl sites for hydroxylation is 1. The lowest BCUT2D eigenvalue weighted by atomic mass is 10.0. The van der Waals surface area contributed by atoms with Crippen LogP contribution in [0, 0.1) is 0 Å². The number of hydrogen-bond acceptors (Lipinski definition) is 3. The zero-order chi connectivity index (χ0) is 14.2. The van der Waals surface area contributed by atoms with Gasteiger partial charge in [0, 0.05) is 23.7 Å². The third-order valence-corrected chi connectivity index (χ3v) is 5.57. The molecule has 0 saturated carbocycles. The molecule has 1 aromatic heterocycles. The van der Waals surface area contributed by atoms with Gasteiger partial charge in [-0.25, -0.2) is 0 Å². The molecule has 4 rings (SSSR count). The summed E-state index contributed by atoms with van der Waals surface area (Å²) in [6.45, 7) is 1.90. The highest BCUT2D eigenvalue weighted by Gasteiger charge is 2.31. The van der Waals surface area contributed by atoms with Crippen molar-refractivity contribution in [3.8, 4) is 0 Å². The second-order valence-electron chi connectivity index (χ2n) is 5.79. The molecule has 4 heteroatoms. The van der Waals surface area contributed by atoms with E-state index in [1.807, 2.05) is 29.5 Å². The number of nitrogens with one attached hydrogen (secondary N) is 1. The quantitative estimate of drug-likeness (QED) is 0.877. The number of hydrogen-bond donors (Lipinski definition) is 1. The van der Waals surface area contributed by atoms with Crippen molar-refractivity contribution in [2.24, 2.45) is 0 Å². The van der Waals surface area contributed by atoms with E-state index in [1.165, 1.54) is 16.0 Å². The molecule has 0 radical (unpaired) electrons. The molecule has 1 aromatic carbocycles. The Kier molecular flexibility index (Phi) is 3.28. The van der Waals surface area contributed by atoms with Crippen LogP contribution in [0.5, 0.6) is 0 Å². The van der Waals surface area contributed by atoms with Crippen LogP contribution in [0.1, 0.15) is 22.4 Å². The minimum atomic E-state index is -0.00884. The van der Waals surface area contributed by atoms with Gasteiger partial charge in [-0.15, -0.1) is 11.3 Å². The van der Waals surface area contributed by atoms with Gasteiger partial charge in [-0.1, -0.05) is 18.2 Å². The number of benzene rings is 1. The lowest BCUT2D eigenvalue weighted by Gasteiger charge is -2.32. The predicted molar refractivity (Wildman–Crippen MR) is 85.6 cm³/mol. The Balaban J connectivity index is 1.56. The first-order valence-corrected chi connectivity index (χ1v) is 8.37. The number of fused-ring (bicyclic) bond motifs is 2. The largest absolute Gasteiger partial charge is 0.324 e. The van der Waals surface area contributed by atoms with E-state index in [9.17, 15) is 4.79 Å². The molecule has 1 amide bonds. The summed E-state index contributed by atoms with van der Waals surface area (Å²) in [5.41, 5.74) is 3.64. The summed E-state index contributed by atoms with van der Waals surface area (Å²) in [5, 5.41) is 5.27. The maximum Gasteiger partial charge on any atom is 0.241 e. The van der Waals surface area contributed by atoms with Crippen LogP contribution < -0.4 is 5.32 Å². The highest BCUT2D eigenvalue weighted by Crippen LogP contribution is 2.29. The average Bonchev–Trinajstić information content (AvgIpc) is 2.89. The average molecular weight is 298 g/mol. The first kappa shape index (κ1) is 13.0. The second-order valence-corrected chi connectivity index (χ2v) is 6.79. The van der Waals surface area contributed by atoms with Crippen LogP contribution in [0.4, 0.5) is 5.69 Å². The van der Waals surface area contributed by atoms with Crippen molar-refractivity contribution >= 4 is 22.9 Å². The summed E-state index contributed by atoms with van der Waals surface area (Å²) in [7, 11) is 0. The van der Waals surface area contributed by atoms with Gasteiger partial charge in [-0.05, 0) is 47.9 Å². The van der Waals surface area contributed by atoms with E-state index in [4.69, 9.17) is 0 Å². The molecule has 0 fully saturated rings. The maximum atomic E-state index is 12.6. The third-order valence-electron chi connectivity index (χ3n) is 4.54. The topological polar surface area (TPSA) is 32.3 Å². The van der Waals surface area contributed by atoms with Gasteiger partial charge in [-0.3, -0.25) is 9.69 Å². The molecular weight excluding hydrogens is 280 g/mol. The van der Waals surface area contributed by atoms with Crippen molar-refractivity contribution in [3.63, 3.8) is 0 Å². The number of carbonyl (C=O) groups is 1. The fourth-order valence-electron chi connectivity index (χ4n) is 3.38. The molecule has 0 saturated heterocycles. The van der Waals surface area contributed by atoms with Crippen LogP contribution in [0.3, 0.4) is 0 Å². The number of rotatable bonds is 1. The SMILES string of the molecule is O=C1Nc2ccccc2CCC1N1CCc2sccc2C1. The van der Waals surface area contributed by atoms with Gasteiger partial charge in [0.05, 0.1) is 6.04 Å². The van der Waals surface area contributed by atoms with Crippen LogP contribution in [-0.2, 0) is 24.2 Å². The van der Waals surface area contributed by atoms with Crippen LogP contribution in [0.2, 0.25) is 0 Å². The molecule has 3 nitrogen and oxygen atoms in total. The van der Waals surface area contributed by atoms with E-state index in [1.54, 1.807) is 0 Å². The maximum absolute atomic E-state index is 12.6. The highest BCUT2D eigenvalue weighted by molar-refractivity contribution is 7.10. The summed E-state index contributed by atoms with van der Waals surface area (Å²) in [6.07, 6.45) is 2.94. The fraction of sp³-hybridized carbons (Fsp3) is 0.353. The number of carbonyl (C=O) groups excluding carboxylic acids is 1. The molecule has 2 aliphatic rings. The molecule has 1 unspecified atom stereocenters. The zero-order valence-corrected chi connectivity index (χ0v) is 12.7. The first-order chi connectivity index (χ1) is 10.3. The Bertz CT molecular complexity index is 679. The van der Waals surface area contributed by atoms with Gasteiger partial charge in [0.25, 0.3) is 0 Å². The standard InChI is InChI=1S/C17H18N2OS/c20-17-15(6-5-12-3-1-2-4-14(12)18-17)19-9-7-16-13(11-19)8-10-21-16/h1-4,8,10,15H,5-7,9,11H2,(H,18,20). The number of thiophene rings is 1. The molecule has 0 spiro atoms. The Hall–Kier alpha value is -1.65. The third kappa shape index (κ3) is 2.39. The Labute approximate surface area is 128 Å². The van der Waals surface area contributed by atoms with Gasteiger partial charge in [-0.2, -0.15) is 0 Å². The van der Waals surface area contributed by atoms with E-state index >= 15 is 0 Å². The van der Waals surface area contributed by atoms with Crippen molar-refractivity contribution in [2.45, 2.75) is 31.8 Å². The van der Waals surface area contributed by atoms with Gasteiger partial charge in [0.2, 0.25) is 5.91 Å². The van der Waals surface area contributed by atoms with Crippen molar-refractivity contribution in [3.05, 3.63) is 51.7 Å². The zero-order valence-electron chi connectivity index (χ0n) is 11.8. The minimum absolute atomic E-state index is 0.00884. The normalized spacial score (nSPS) is 22.1. The van der Waals surface area contributed by atoms with E-state index in [0.29, 0.717) is 0 Å². The summed E-state index contributed by atoms with van der Waals surface area (Å²) < 4.78 is 0. The molecular formula is C17H18N2OS. The summed E-state index contributed by atoms with van der Waals surface area (Å²) in [5.74, 6) is 0.152. The molecule has 3 heterocycles. The second kappa shape index (κ2) is 5.28. The van der Waals surface area contributed by atoms with Gasteiger partial charge in [0.15, 0.2) is 0 Å². The van der Waals surface area contributed by atoms with Crippen molar-refractivity contribution in [1.82, 2.24) is 4.90 Å². The molecule has 1 N–H and O–H groups in total. The monoisotopic (exact) mass is 298 g/mol. The smallest absolute Gasteiger partial charge is 0.241 e. The number of nitrogens with zero attached hydrogens (tertiary/aromatic N) is 1. The molecule has 21 heavy (non-hydrogen) atoms. The first-order valence-electron chi connectivity index (χ1n) is 7.49. The van der Waals surface area contributed by atoms with Crippen molar-refractivity contribution < 1.29 is 4.79 Å². The number of para-hydroxylation sites is 1. The summed E-state index contributed by atoms with van der Waals surface area (Å²) in [6, 6.07) is 10.3. The van der Waals surface area contributed by atoms with E-state index in [0.717, 1.165) is 38.0 Å². The Morgan fingerprint density at radius 3 is 3.00 bits per heavy atom. The minimum Gasteiger partial charge on any atom is -0.324 e. The van der Waals surface area contributed by atoms with E-state index in [2.05, 4.69) is 27.7 Å². The van der Waals surface area contributed by atoms with E-state index in [-0.39, 0.29) is 11.9 Å². The van der Waals surface area contributed by atoms with Gasteiger partial charge < -0.3 is 5.32 Å².